The Hall–Kier alpha value is -5.17. The highest BCUT2D eigenvalue weighted by molar-refractivity contribution is 6.04. The van der Waals surface area contributed by atoms with Gasteiger partial charge in [-0.25, -0.2) is 13.8 Å². The molecule has 204 valence electrons. The van der Waals surface area contributed by atoms with Crippen molar-refractivity contribution in [2.45, 2.75) is 19.4 Å². The quantitative estimate of drug-likeness (QED) is 0.217. The number of hydrogen-bond donors (Lipinski definition) is 4. The van der Waals surface area contributed by atoms with E-state index in [0.717, 1.165) is 10.7 Å². The maximum absolute atomic E-state index is 15.1. The number of H-pyrrole nitrogens is 1. The van der Waals surface area contributed by atoms with Gasteiger partial charge in [-0.2, -0.15) is 14.9 Å². The van der Waals surface area contributed by atoms with Crippen LogP contribution in [0.25, 0.3) is 16.7 Å². The molecule has 5 aromatic rings. The zero-order valence-corrected chi connectivity index (χ0v) is 21.1. The van der Waals surface area contributed by atoms with Gasteiger partial charge in [-0.3, -0.25) is 14.7 Å². The molecule has 13 heteroatoms. The smallest absolute Gasteiger partial charge is 0.284 e. The number of aliphatic hydroxyl groups is 1. The highest BCUT2D eigenvalue weighted by atomic mass is 19.1. The summed E-state index contributed by atoms with van der Waals surface area (Å²) in [6.07, 6.45) is 3.38. The number of pyridine rings is 1. The third kappa shape index (κ3) is 5.35. The topological polar surface area (TPSA) is 147 Å². The molecule has 5 rings (SSSR count). The minimum Gasteiger partial charge on any atom is -0.453 e. The second-order valence-electron chi connectivity index (χ2n) is 8.68. The fourth-order valence-electron chi connectivity index (χ4n) is 3.91. The summed E-state index contributed by atoms with van der Waals surface area (Å²) < 4.78 is 35.1. The molecule has 0 aliphatic rings. The number of carbonyl (C=O) groups excluding carboxylic acids is 1. The first-order valence-electron chi connectivity index (χ1n) is 12.2. The number of halogens is 2. The number of rotatable bonds is 9. The van der Waals surface area contributed by atoms with E-state index in [1.807, 2.05) is 6.92 Å². The first kappa shape index (κ1) is 26.4. The number of aromatic amines is 1. The van der Waals surface area contributed by atoms with Crippen LogP contribution in [0, 0.1) is 11.6 Å². The fraction of sp³-hybridized carbons (Fsp3) is 0.148. The zero-order valence-electron chi connectivity index (χ0n) is 21.1. The van der Waals surface area contributed by atoms with Gasteiger partial charge in [0, 0.05) is 30.2 Å². The second-order valence-corrected chi connectivity index (χ2v) is 8.68. The summed E-state index contributed by atoms with van der Waals surface area (Å²) in [5.74, 6) is -1.51. The number of nitrogens with zero attached hydrogens (tertiary/aromatic N) is 4. The Labute approximate surface area is 225 Å². The van der Waals surface area contributed by atoms with Crippen LogP contribution in [-0.2, 0) is 0 Å². The number of fused-ring (bicyclic) bond motifs is 1. The second kappa shape index (κ2) is 11.3. The van der Waals surface area contributed by atoms with E-state index in [1.165, 1.54) is 54.9 Å². The number of benzene rings is 2. The predicted octanol–water partition coefficient (Wildman–Crippen LogP) is 4.01. The molecular weight excluding hydrogens is 524 g/mol. The number of anilines is 2. The maximum atomic E-state index is 15.1. The third-order valence-corrected chi connectivity index (χ3v) is 6.05. The van der Waals surface area contributed by atoms with Crippen LogP contribution < -0.4 is 20.9 Å². The van der Waals surface area contributed by atoms with Crippen LogP contribution >= 0.6 is 0 Å². The van der Waals surface area contributed by atoms with Crippen molar-refractivity contribution in [1.29, 1.82) is 0 Å². The molecule has 40 heavy (non-hydrogen) atoms. The van der Waals surface area contributed by atoms with Crippen LogP contribution in [0.3, 0.4) is 0 Å². The molecule has 11 nitrogen and oxygen atoms in total. The largest absolute Gasteiger partial charge is 0.453 e. The third-order valence-electron chi connectivity index (χ3n) is 6.05. The van der Waals surface area contributed by atoms with Crippen LogP contribution in [-0.4, -0.2) is 48.6 Å². The maximum Gasteiger partial charge on any atom is 0.284 e. The summed E-state index contributed by atoms with van der Waals surface area (Å²) in [5.41, 5.74) is -0.215. The molecule has 4 N–H and O–H groups in total. The number of aromatic nitrogens is 5. The molecule has 3 heterocycles. The Bertz CT molecular complexity index is 1730. The number of hydrogen-bond acceptors (Lipinski definition) is 8. The van der Waals surface area contributed by atoms with E-state index in [-0.39, 0.29) is 41.1 Å². The van der Waals surface area contributed by atoms with E-state index >= 15 is 4.39 Å². The van der Waals surface area contributed by atoms with Gasteiger partial charge in [0.25, 0.3) is 11.5 Å². The summed E-state index contributed by atoms with van der Waals surface area (Å²) in [6, 6.07) is 11.4. The lowest BCUT2D eigenvalue weighted by atomic mass is 10.2. The van der Waals surface area contributed by atoms with E-state index in [4.69, 9.17) is 4.74 Å². The average Bonchev–Trinajstić information content (AvgIpc) is 3.37. The van der Waals surface area contributed by atoms with E-state index in [1.54, 1.807) is 6.07 Å². The van der Waals surface area contributed by atoms with Gasteiger partial charge in [-0.05, 0) is 48.9 Å². The minimum atomic E-state index is -0.782. The standard InChI is InChI=1S/C27H23F2N7O4/c1-2-16(14-37)32-25-23-22(10-11-30-24(23)34-35-25)40-21-8-5-17(13-20(21)29)33-26(38)19-9-12-31-36(27(19)39)18-6-3-15(28)4-7-18/h3-13,16,37H,2,14H2,1H3,(H,33,38)(H2,30,32,34,35). The molecule has 0 saturated carbocycles. The van der Waals surface area contributed by atoms with Crippen LogP contribution in [0.5, 0.6) is 11.5 Å². The Morgan fingerprint density at radius 2 is 1.90 bits per heavy atom. The molecule has 0 fully saturated rings. The Morgan fingerprint density at radius 3 is 2.62 bits per heavy atom. The highest BCUT2D eigenvalue weighted by Crippen LogP contribution is 2.34. The summed E-state index contributed by atoms with van der Waals surface area (Å²) >= 11 is 0. The molecule has 0 aliphatic carbocycles. The van der Waals surface area contributed by atoms with Crippen molar-refractivity contribution in [1.82, 2.24) is 25.0 Å². The van der Waals surface area contributed by atoms with Crippen molar-refractivity contribution in [3.63, 3.8) is 0 Å². The first-order valence-corrected chi connectivity index (χ1v) is 12.2. The molecule has 0 aliphatic heterocycles. The van der Waals surface area contributed by atoms with Gasteiger partial charge in [0.05, 0.1) is 18.3 Å². The van der Waals surface area contributed by atoms with Crippen LogP contribution in [0.2, 0.25) is 0 Å². The summed E-state index contributed by atoms with van der Waals surface area (Å²) in [5, 5.41) is 26.5. The van der Waals surface area contributed by atoms with Gasteiger partial charge in [-0.15, -0.1) is 0 Å². The van der Waals surface area contributed by atoms with Gasteiger partial charge in [0.15, 0.2) is 23.0 Å². The molecule has 1 amide bonds. The molecule has 0 radical (unpaired) electrons. The van der Waals surface area contributed by atoms with Gasteiger partial charge < -0.3 is 20.5 Å². The van der Waals surface area contributed by atoms with Crippen molar-refractivity contribution >= 4 is 28.4 Å². The Morgan fingerprint density at radius 1 is 1.10 bits per heavy atom. The lowest BCUT2D eigenvalue weighted by Gasteiger charge is -2.14. The number of nitrogens with one attached hydrogen (secondary N) is 3. The first-order chi connectivity index (χ1) is 19.4. The molecule has 0 spiro atoms. The van der Waals surface area contributed by atoms with Gasteiger partial charge >= 0.3 is 0 Å². The number of aliphatic hydroxyl groups excluding tert-OH is 1. The lowest BCUT2D eigenvalue weighted by molar-refractivity contribution is 0.102. The Kier molecular flexibility index (Phi) is 7.46. The predicted molar refractivity (Wildman–Crippen MR) is 143 cm³/mol. The SMILES string of the molecule is CCC(CO)Nc1n[nH]c2nccc(Oc3ccc(NC(=O)c4ccnn(-c5ccc(F)cc5)c4=O)cc3F)c12. The summed E-state index contributed by atoms with van der Waals surface area (Å²) in [4.78, 5) is 29.9. The number of carbonyl (C=O) groups is 1. The van der Waals surface area contributed by atoms with E-state index < -0.39 is 23.1 Å². The number of amides is 1. The average molecular weight is 548 g/mol. The molecular formula is C27H23F2N7O4. The Balaban J connectivity index is 1.36. The summed E-state index contributed by atoms with van der Waals surface area (Å²) in [6.45, 7) is 1.80. The lowest BCUT2D eigenvalue weighted by Crippen LogP contribution is -2.29. The van der Waals surface area contributed by atoms with Crippen LogP contribution in [0.4, 0.5) is 20.3 Å². The minimum absolute atomic E-state index is 0.0821. The summed E-state index contributed by atoms with van der Waals surface area (Å²) in [7, 11) is 0. The van der Waals surface area contributed by atoms with Gasteiger partial charge in [-0.1, -0.05) is 6.92 Å². The van der Waals surface area contributed by atoms with Crippen LogP contribution in [0.1, 0.15) is 23.7 Å². The molecule has 0 bridgehead atoms. The fourth-order valence-corrected chi connectivity index (χ4v) is 3.91. The molecule has 0 saturated heterocycles. The van der Waals surface area contributed by atoms with Gasteiger partial charge in [0.1, 0.15) is 22.5 Å². The van der Waals surface area contributed by atoms with Crippen LogP contribution in [0.15, 0.2) is 71.8 Å². The molecule has 2 aromatic carbocycles. The van der Waals surface area contributed by atoms with E-state index in [0.29, 0.717) is 23.3 Å². The van der Waals surface area contributed by atoms with Crippen molar-refractivity contribution in [2.75, 3.05) is 17.2 Å². The van der Waals surface area contributed by atoms with Crippen molar-refractivity contribution in [3.05, 3.63) is 94.5 Å². The van der Waals surface area contributed by atoms with E-state index in [2.05, 4.69) is 30.9 Å². The highest BCUT2D eigenvalue weighted by Gasteiger charge is 2.18. The number of ether oxygens (including phenoxy) is 1. The molecule has 3 aromatic heterocycles. The normalized spacial score (nSPS) is 11.8. The van der Waals surface area contributed by atoms with E-state index in [9.17, 15) is 19.1 Å². The van der Waals surface area contributed by atoms with Crippen molar-refractivity contribution < 1.29 is 23.4 Å². The van der Waals surface area contributed by atoms with Gasteiger partial charge in [0.2, 0.25) is 0 Å². The molecule has 1 unspecified atom stereocenters. The zero-order chi connectivity index (χ0) is 28.2. The molecule has 1 atom stereocenters. The monoisotopic (exact) mass is 547 g/mol. The van der Waals surface area contributed by atoms with Crippen molar-refractivity contribution in [2.24, 2.45) is 0 Å². The van der Waals surface area contributed by atoms with Crippen molar-refractivity contribution in [3.8, 4) is 17.2 Å².